The summed E-state index contributed by atoms with van der Waals surface area (Å²) in [5.74, 6) is -0.147. The van der Waals surface area contributed by atoms with Crippen LogP contribution >= 0.6 is 0 Å². The first-order chi connectivity index (χ1) is 11.1. The summed E-state index contributed by atoms with van der Waals surface area (Å²) in [6.07, 6.45) is 0.864. The molecule has 0 spiro atoms. The van der Waals surface area contributed by atoms with Gasteiger partial charge in [0.25, 0.3) is 5.91 Å². The van der Waals surface area contributed by atoms with Crippen molar-refractivity contribution < 1.29 is 9.59 Å². The fourth-order valence-electron chi connectivity index (χ4n) is 1.96. The van der Waals surface area contributed by atoms with Crippen LogP contribution in [0.4, 0.5) is 16.2 Å². The second kappa shape index (κ2) is 7.98. The molecule has 0 aliphatic rings. The van der Waals surface area contributed by atoms with Crippen molar-refractivity contribution in [2.24, 2.45) is 0 Å². The number of urea groups is 1. The first kappa shape index (κ1) is 16.5. The van der Waals surface area contributed by atoms with Gasteiger partial charge in [-0.05, 0) is 43.7 Å². The SMILES string of the molecule is CC[C@H](C)NC(=O)c1cccc(NC(=O)Nc2ccccc2)c1. The molecule has 0 aliphatic carbocycles. The molecule has 2 aromatic rings. The number of para-hydroxylation sites is 1. The Morgan fingerprint density at radius 3 is 2.30 bits per heavy atom. The molecular weight excluding hydrogens is 290 g/mol. The molecule has 0 saturated carbocycles. The Morgan fingerprint density at radius 1 is 0.957 bits per heavy atom. The van der Waals surface area contributed by atoms with Gasteiger partial charge in [-0.15, -0.1) is 0 Å². The maximum Gasteiger partial charge on any atom is 0.323 e. The quantitative estimate of drug-likeness (QED) is 0.784. The van der Waals surface area contributed by atoms with Crippen molar-refractivity contribution in [2.75, 3.05) is 10.6 Å². The molecule has 5 heteroatoms. The lowest BCUT2D eigenvalue weighted by molar-refractivity contribution is 0.0939. The van der Waals surface area contributed by atoms with Gasteiger partial charge >= 0.3 is 6.03 Å². The highest BCUT2D eigenvalue weighted by Gasteiger charge is 2.10. The summed E-state index contributed by atoms with van der Waals surface area (Å²) in [4.78, 5) is 24.1. The highest BCUT2D eigenvalue weighted by atomic mass is 16.2. The Labute approximate surface area is 136 Å². The topological polar surface area (TPSA) is 70.2 Å². The van der Waals surface area contributed by atoms with Crippen LogP contribution in [0, 0.1) is 0 Å². The summed E-state index contributed by atoms with van der Waals surface area (Å²) in [6.45, 7) is 3.96. The summed E-state index contributed by atoms with van der Waals surface area (Å²) < 4.78 is 0. The van der Waals surface area contributed by atoms with Crippen LogP contribution in [0.15, 0.2) is 54.6 Å². The van der Waals surface area contributed by atoms with Crippen molar-refractivity contribution in [1.82, 2.24) is 5.32 Å². The number of amides is 3. The van der Waals surface area contributed by atoms with Crippen molar-refractivity contribution in [3.63, 3.8) is 0 Å². The number of anilines is 2. The summed E-state index contributed by atoms with van der Waals surface area (Å²) in [7, 11) is 0. The van der Waals surface area contributed by atoms with E-state index in [4.69, 9.17) is 0 Å². The minimum atomic E-state index is -0.351. The zero-order valence-electron chi connectivity index (χ0n) is 13.3. The van der Waals surface area contributed by atoms with Crippen molar-refractivity contribution >= 4 is 23.3 Å². The van der Waals surface area contributed by atoms with Gasteiger partial charge < -0.3 is 16.0 Å². The van der Waals surface area contributed by atoms with E-state index in [-0.39, 0.29) is 18.0 Å². The van der Waals surface area contributed by atoms with E-state index in [0.717, 1.165) is 6.42 Å². The molecule has 0 radical (unpaired) electrons. The number of rotatable bonds is 5. The lowest BCUT2D eigenvalue weighted by atomic mass is 10.1. The molecule has 120 valence electrons. The summed E-state index contributed by atoms with van der Waals surface area (Å²) in [6, 6.07) is 15.8. The number of hydrogen-bond donors (Lipinski definition) is 3. The van der Waals surface area contributed by atoms with Gasteiger partial charge in [0.15, 0.2) is 0 Å². The van der Waals surface area contributed by atoms with Crippen LogP contribution < -0.4 is 16.0 Å². The average molecular weight is 311 g/mol. The van der Waals surface area contributed by atoms with Crippen molar-refractivity contribution in [3.8, 4) is 0 Å². The van der Waals surface area contributed by atoms with Gasteiger partial charge in [0, 0.05) is 23.0 Å². The Balaban J connectivity index is 1.99. The molecule has 0 bridgehead atoms. The molecule has 5 nitrogen and oxygen atoms in total. The number of nitrogens with one attached hydrogen (secondary N) is 3. The zero-order valence-corrected chi connectivity index (χ0v) is 13.3. The van der Waals surface area contributed by atoms with E-state index in [9.17, 15) is 9.59 Å². The van der Waals surface area contributed by atoms with Crippen LogP contribution in [0.1, 0.15) is 30.6 Å². The molecule has 0 fully saturated rings. The predicted molar refractivity (Wildman–Crippen MR) is 92.7 cm³/mol. The van der Waals surface area contributed by atoms with Gasteiger partial charge in [-0.2, -0.15) is 0 Å². The van der Waals surface area contributed by atoms with Crippen molar-refractivity contribution in [3.05, 3.63) is 60.2 Å². The summed E-state index contributed by atoms with van der Waals surface area (Å²) in [5.41, 5.74) is 1.79. The van der Waals surface area contributed by atoms with Crippen molar-refractivity contribution in [1.29, 1.82) is 0 Å². The molecular formula is C18H21N3O2. The van der Waals surface area contributed by atoms with Gasteiger partial charge in [-0.1, -0.05) is 31.2 Å². The van der Waals surface area contributed by atoms with E-state index >= 15 is 0 Å². The lowest BCUT2D eigenvalue weighted by Gasteiger charge is -2.12. The maximum atomic E-state index is 12.1. The first-order valence-electron chi connectivity index (χ1n) is 7.62. The van der Waals surface area contributed by atoms with Gasteiger partial charge in [0.1, 0.15) is 0 Å². The fraction of sp³-hybridized carbons (Fsp3) is 0.222. The van der Waals surface area contributed by atoms with E-state index in [0.29, 0.717) is 16.9 Å². The zero-order chi connectivity index (χ0) is 16.7. The number of carbonyl (C=O) groups is 2. The van der Waals surface area contributed by atoms with Crippen LogP contribution in [0.2, 0.25) is 0 Å². The van der Waals surface area contributed by atoms with E-state index in [2.05, 4.69) is 16.0 Å². The number of hydrogen-bond acceptors (Lipinski definition) is 2. The molecule has 23 heavy (non-hydrogen) atoms. The summed E-state index contributed by atoms with van der Waals surface area (Å²) >= 11 is 0. The highest BCUT2D eigenvalue weighted by Crippen LogP contribution is 2.12. The third kappa shape index (κ3) is 5.14. The molecule has 3 N–H and O–H groups in total. The predicted octanol–water partition coefficient (Wildman–Crippen LogP) is 3.86. The Kier molecular flexibility index (Phi) is 5.74. The lowest BCUT2D eigenvalue weighted by Crippen LogP contribution is -2.32. The molecule has 1 atom stereocenters. The second-order valence-electron chi connectivity index (χ2n) is 5.31. The normalized spacial score (nSPS) is 11.4. The van der Waals surface area contributed by atoms with Crippen LogP contribution in [-0.2, 0) is 0 Å². The smallest absolute Gasteiger partial charge is 0.323 e. The highest BCUT2D eigenvalue weighted by molar-refractivity contribution is 6.01. The monoisotopic (exact) mass is 311 g/mol. The third-order valence-electron chi connectivity index (χ3n) is 3.40. The Hall–Kier alpha value is -2.82. The molecule has 0 unspecified atom stereocenters. The third-order valence-corrected chi connectivity index (χ3v) is 3.40. The van der Waals surface area contributed by atoms with Crippen molar-refractivity contribution in [2.45, 2.75) is 26.3 Å². The van der Waals surface area contributed by atoms with Gasteiger partial charge in [0.05, 0.1) is 0 Å². The Morgan fingerprint density at radius 2 is 1.61 bits per heavy atom. The maximum absolute atomic E-state index is 12.1. The van der Waals surface area contributed by atoms with E-state index in [1.54, 1.807) is 36.4 Å². The van der Waals surface area contributed by atoms with Gasteiger partial charge in [0.2, 0.25) is 0 Å². The molecule has 2 rings (SSSR count). The molecule has 0 aliphatic heterocycles. The van der Waals surface area contributed by atoms with Crippen LogP contribution in [0.3, 0.4) is 0 Å². The fourth-order valence-corrected chi connectivity index (χ4v) is 1.96. The summed E-state index contributed by atoms with van der Waals surface area (Å²) in [5, 5.41) is 8.35. The number of benzene rings is 2. The molecule has 2 aromatic carbocycles. The minimum Gasteiger partial charge on any atom is -0.350 e. The minimum absolute atomic E-state index is 0.112. The molecule has 3 amide bonds. The van der Waals surface area contributed by atoms with E-state index < -0.39 is 0 Å². The Bertz CT molecular complexity index is 671. The molecule has 0 heterocycles. The molecule has 0 saturated heterocycles. The first-order valence-corrected chi connectivity index (χ1v) is 7.62. The average Bonchev–Trinajstić information content (AvgIpc) is 2.55. The van der Waals surface area contributed by atoms with E-state index in [1.165, 1.54) is 0 Å². The number of carbonyl (C=O) groups excluding carboxylic acids is 2. The van der Waals surface area contributed by atoms with Gasteiger partial charge in [-0.3, -0.25) is 4.79 Å². The van der Waals surface area contributed by atoms with E-state index in [1.807, 2.05) is 32.0 Å². The molecule has 0 aromatic heterocycles. The van der Waals surface area contributed by atoms with Crippen LogP contribution in [-0.4, -0.2) is 18.0 Å². The van der Waals surface area contributed by atoms with Crippen LogP contribution in [0.5, 0.6) is 0 Å². The van der Waals surface area contributed by atoms with Crippen LogP contribution in [0.25, 0.3) is 0 Å². The second-order valence-corrected chi connectivity index (χ2v) is 5.31. The largest absolute Gasteiger partial charge is 0.350 e. The standard InChI is InChI=1S/C18H21N3O2/c1-3-13(2)19-17(22)14-8-7-11-16(12-14)21-18(23)20-15-9-5-4-6-10-15/h4-13H,3H2,1-2H3,(H,19,22)(H2,20,21,23)/t13-/m0/s1. The van der Waals surface area contributed by atoms with Gasteiger partial charge in [-0.25, -0.2) is 4.79 Å².